The van der Waals surface area contributed by atoms with Gasteiger partial charge in [-0.05, 0) is 61.0 Å². The summed E-state index contributed by atoms with van der Waals surface area (Å²) >= 11 is 5.41. The van der Waals surface area contributed by atoms with Gasteiger partial charge in [0.25, 0.3) is 0 Å². The highest BCUT2D eigenvalue weighted by Gasteiger charge is 2.21. The fourth-order valence-corrected chi connectivity index (χ4v) is 3.05. The second-order valence-corrected chi connectivity index (χ2v) is 6.31. The van der Waals surface area contributed by atoms with Crippen molar-refractivity contribution in [1.29, 1.82) is 0 Å². The third-order valence-electron chi connectivity index (χ3n) is 4.16. The molecule has 3 rings (SSSR count). The third-order valence-corrected chi connectivity index (χ3v) is 4.42. The van der Waals surface area contributed by atoms with Crippen molar-refractivity contribution in [1.82, 2.24) is 10.6 Å². The molecular weight excluding hydrogens is 339 g/mol. The molecule has 1 heterocycles. The van der Waals surface area contributed by atoms with Crippen LogP contribution >= 0.6 is 12.2 Å². The van der Waals surface area contributed by atoms with Gasteiger partial charge in [-0.3, -0.25) is 0 Å². The van der Waals surface area contributed by atoms with E-state index in [1.807, 2.05) is 24.3 Å². The summed E-state index contributed by atoms with van der Waals surface area (Å²) in [6.45, 7) is 1.23. The van der Waals surface area contributed by atoms with Crippen molar-refractivity contribution in [2.24, 2.45) is 0 Å². The van der Waals surface area contributed by atoms with Crippen LogP contribution in [0.4, 0.5) is 4.39 Å². The fourth-order valence-electron chi connectivity index (χ4n) is 2.83. The summed E-state index contributed by atoms with van der Waals surface area (Å²) in [6, 6.07) is 12.3. The van der Waals surface area contributed by atoms with Crippen LogP contribution < -0.4 is 20.1 Å². The van der Waals surface area contributed by atoms with Crippen molar-refractivity contribution < 1.29 is 13.9 Å². The number of halogens is 1. The Morgan fingerprint density at radius 2 is 2.08 bits per heavy atom. The molecule has 0 amide bonds. The number of methoxy groups -OCH3 is 1. The molecule has 0 saturated carbocycles. The molecular formula is C19H21FN2O2S. The van der Waals surface area contributed by atoms with Gasteiger partial charge >= 0.3 is 0 Å². The Morgan fingerprint density at radius 1 is 1.28 bits per heavy atom. The highest BCUT2D eigenvalue weighted by molar-refractivity contribution is 7.80. The number of hydrogen-bond donors (Lipinski definition) is 2. The van der Waals surface area contributed by atoms with Crippen LogP contribution in [0.25, 0.3) is 0 Å². The molecule has 25 heavy (non-hydrogen) atoms. The Labute approximate surface area is 152 Å². The van der Waals surface area contributed by atoms with Crippen LogP contribution in [-0.4, -0.2) is 18.8 Å². The Kier molecular flexibility index (Phi) is 5.71. The lowest BCUT2D eigenvalue weighted by Crippen LogP contribution is -2.37. The molecule has 1 aliphatic heterocycles. The molecule has 4 nitrogen and oxygen atoms in total. The molecule has 2 N–H and O–H groups in total. The van der Waals surface area contributed by atoms with E-state index in [-0.39, 0.29) is 11.9 Å². The normalized spacial score (nSPS) is 16.2. The zero-order valence-corrected chi connectivity index (χ0v) is 14.9. The number of thiocarbonyl (C=S) groups is 1. The van der Waals surface area contributed by atoms with Crippen LogP contribution in [0.15, 0.2) is 42.5 Å². The van der Waals surface area contributed by atoms with E-state index >= 15 is 0 Å². The van der Waals surface area contributed by atoms with Crippen LogP contribution in [0.1, 0.15) is 30.0 Å². The number of fused-ring (bicyclic) bond motifs is 1. The quantitative estimate of drug-likeness (QED) is 0.814. The molecule has 0 spiro atoms. The predicted octanol–water partition coefficient (Wildman–Crippen LogP) is 3.71. The molecule has 0 fully saturated rings. The molecule has 2 aromatic rings. The minimum absolute atomic E-state index is 0.0657. The maximum atomic E-state index is 13.6. The number of benzene rings is 2. The van der Waals surface area contributed by atoms with Crippen molar-refractivity contribution in [3.63, 3.8) is 0 Å². The molecule has 0 bridgehead atoms. The second-order valence-electron chi connectivity index (χ2n) is 5.90. The molecule has 132 valence electrons. The first-order chi connectivity index (χ1) is 12.2. The van der Waals surface area contributed by atoms with E-state index in [2.05, 4.69) is 10.6 Å². The summed E-state index contributed by atoms with van der Waals surface area (Å²) in [4.78, 5) is 0. The Hall–Kier alpha value is -2.34. The lowest BCUT2D eigenvalue weighted by molar-refractivity contribution is 0.315. The van der Waals surface area contributed by atoms with Crippen LogP contribution in [-0.2, 0) is 6.54 Å². The standard InChI is InChI=1S/C19H21FN2O2S/c1-23-15-7-4-13(5-8-15)12-21-19(25)22-17-3-2-10-24-18-9-6-14(20)11-16(17)18/h4-9,11,17H,2-3,10,12H2,1H3,(H2,21,22,25)/t17-/m0/s1. The van der Waals surface area contributed by atoms with Crippen molar-refractivity contribution in [3.05, 3.63) is 59.4 Å². The highest BCUT2D eigenvalue weighted by Crippen LogP contribution is 2.32. The lowest BCUT2D eigenvalue weighted by Gasteiger charge is -2.21. The Morgan fingerprint density at radius 3 is 2.84 bits per heavy atom. The Bertz CT molecular complexity index is 737. The lowest BCUT2D eigenvalue weighted by atomic mass is 10.0. The largest absolute Gasteiger partial charge is 0.497 e. The van der Waals surface area contributed by atoms with E-state index in [1.54, 1.807) is 13.2 Å². The maximum Gasteiger partial charge on any atom is 0.167 e. The zero-order chi connectivity index (χ0) is 17.6. The molecule has 0 saturated heterocycles. The summed E-state index contributed by atoms with van der Waals surface area (Å²) < 4.78 is 24.5. The van der Waals surface area contributed by atoms with Gasteiger partial charge < -0.3 is 20.1 Å². The van der Waals surface area contributed by atoms with Crippen molar-refractivity contribution in [2.45, 2.75) is 25.4 Å². The third kappa shape index (κ3) is 4.60. The number of ether oxygens (including phenoxy) is 2. The monoisotopic (exact) mass is 360 g/mol. The van der Waals surface area contributed by atoms with Gasteiger partial charge in [0.2, 0.25) is 0 Å². The van der Waals surface area contributed by atoms with Gasteiger partial charge in [-0.2, -0.15) is 0 Å². The fraction of sp³-hybridized carbons (Fsp3) is 0.316. The molecule has 0 unspecified atom stereocenters. The minimum atomic E-state index is -0.270. The number of nitrogens with one attached hydrogen (secondary N) is 2. The maximum absolute atomic E-state index is 13.6. The van der Waals surface area contributed by atoms with Gasteiger partial charge in [-0.25, -0.2) is 4.39 Å². The van der Waals surface area contributed by atoms with Crippen molar-refractivity contribution in [2.75, 3.05) is 13.7 Å². The van der Waals surface area contributed by atoms with E-state index in [1.165, 1.54) is 12.1 Å². The average Bonchev–Trinajstić information content (AvgIpc) is 2.82. The van der Waals surface area contributed by atoms with Gasteiger partial charge in [0.1, 0.15) is 17.3 Å². The summed E-state index contributed by atoms with van der Waals surface area (Å²) in [5, 5.41) is 7.02. The molecule has 0 aromatic heterocycles. The second kappa shape index (κ2) is 8.16. The van der Waals surface area contributed by atoms with Gasteiger partial charge in [-0.15, -0.1) is 0 Å². The number of hydrogen-bond acceptors (Lipinski definition) is 3. The van der Waals surface area contributed by atoms with Gasteiger partial charge in [0.05, 0.1) is 19.8 Å². The van der Waals surface area contributed by atoms with E-state index < -0.39 is 0 Å². The molecule has 2 aromatic carbocycles. The molecule has 1 atom stereocenters. The first kappa shape index (κ1) is 17.5. The molecule has 1 aliphatic rings. The first-order valence-corrected chi connectivity index (χ1v) is 8.66. The van der Waals surface area contributed by atoms with Crippen LogP contribution in [0.2, 0.25) is 0 Å². The van der Waals surface area contributed by atoms with Crippen molar-refractivity contribution in [3.8, 4) is 11.5 Å². The van der Waals surface area contributed by atoms with Gasteiger partial charge in [-0.1, -0.05) is 12.1 Å². The van der Waals surface area contributed by atoms with Crippen LogP contribution in [0.3, 0.4) is 0 Å². The van der Waals surface area contributed by atoms with E-state index in [4.69, 9.17) is 21.7 Å². The Balaban J connectivity index is 1.61. The highest BCUT2D eigenvalue weighted by atomic mass is 32.1. The van der Waals surface area contributed by atoms with Crippen LogP contribution in [0.5, 0.6) is 11.5 Å². The first-order valence-electron chi connectivity index (χ1n) is 8.25. The van der Waals surface area contributed by atoms with Crippen molar-refractivity contribution >= 4 is 17.3 Å². The van der Waals surface area contributed by atoms with Crippen LogP contribution in [0, 0.1) is 5.82 Å². The van der Waals surface area contributed by atoms with Gasteiger partial charge in [0.15, 0.2) is 5.11 Å². The minimum Gasteiger partial charge on any atom is -0.497 e. The van der Waals surface area contributed by atoms with E-state index in [0.29, 0.717) is 24.0 Å². The average molecular weight is 360 g/mol. The zero-order valence-electron chi connectivity index (χ0n) is 14.0. The van der Waals surface area contributed by atoms with E-state index in [0.717, 1.165) is 29.7 Å². The van der Waals surface area contributed by atoms with Gasteiger partial charge in [0, 0.05) is 12.1 Å². The van der Waals surface area contributed by atoms with E-state index in [9.17, 15) is 4.39 Å². The smallest absolute Gasteiger partial charge is 0.167 e. The molecule has 0 radical (unpaired) electrons. The predicted molar refractivity (Wildman–Crippen MR) is 99.4 cm³/mol. The summed E-state index contributed by atoms with van der Waals surface area (Å²) in [6.07, 6.45) is 1.72. The SMILES string of the molecule is COc1ccc(CNC(=S)N[C@H]2CCCOc3ccc(F)cc32)cc1. The summed E-state index contributed by atoms with van der Waals surface area (Å²) in [7, 11) is 1.64. The topological polar surface area (TPSA) is 42.5 Å². The molecule has 0 aliphatic carbocycles. The molecule has 6 heteroatoms. The number of rotatable bonds is 4. The summed E-state index contributed by atoms with van der Waals surface area (Å²) in [5.41, 5.74) is 1.91. The summed E-state index contributed by atoms with van der Waals surface area (Å²) in [5.74, 6) is 1.27.